The van der Waals surface area contributed by atoms with Gasteiger partial charge in [0.2, 0.25) is 5.91 Å². The SMILES string of the molecule is CC(C)NC(=O)C(C)Sc1nnc(-c2cccs2)n1C. The number of amides is 1. The fourth-order valence-corrected chi connectivity index (χ4v) is 3.22. The van der Waals surface area contributed by atoms with E-state index >= 15 is 0 Å². The molecule has 2 aromatic heterocycles. The van der Waals surface area contributed by atoms with Crippen LogP contribution < -0.4 is 5.32 Å². The van der Waals surface area contributed by atoms with Crippen molar-refractivity contribution in [3.05, 3.63) is 17.5 Å². The van der Waals surface area contributed by atoms with Crippen LogP contribution >= 0.6 is 23.1 Å². The second kappa shape index (κ2) is 6.41. The number of hydrogen-bond acceptors (Lipinski definition) is 5. The van der Waals surface area contributed by atoms with Crippen molar-refractivity contribution in [1.29, 1.82) is 0 Å². The fraction of sp³-hybridized carbons (Fsp3) is 0.462. The van der Waals surface area contributed by atoms with E-state index in [1.54, 1.807) is 11.3 Å². The number of rotatable bonds is 5. The molecule has 7 heteroatoms. The van der Waals surface area contributed by atoms with Crippen LogP contribution in [0.1, 0.15) is 20.8 Å². The van der Waals surface area contributed by atoms with E-state index < -0.39 is 0 Å². The van der Waals surface area contributed by atoms with Gasteiger partial charge < -0.3 is 9.88 Å². The first-order valence-corrected chi connectivity index (χ1v) is 8.15. The van der Waals surface area contributed by atoms with Crippen molar-refractivity contribution in [2.45, 2.75) is 37.2 Å². The molecule has 2 heterocycles. The quantitative estimate of drug-likeness (QED) is 0.862. The van der Waals surface area contributed by atoms with Gasteiger partial charge in [-0.25, -0.2) is 0 Å². The molecule has 5 nitrogen and oxygen atoms in total. The molecule has 0 radical (unpaired) electrons. The summed E-state index contributed by atoms with van der Waals surface area (Å²) in [6.07, 6.45) is 0. The molecule has 108 valence electrons. The molecule has 1 unspecified atom stereocenters. The maximum absolute atomic E-state index is 11.9. The minimum Gasteiger partial charge on any atom is -0.353 e. The molecule has 0 aromatic carbocycles. The van der Waals surface area contributed by atoms with Crippen LogP contribution in [-0.4, -0.2) is 32.0 Å². The molecule has 0 aliphatic heterocycles. The number of nitrogens with one attached hydrogen (secondary N) is 1. The average molecular weight is 310 g/mol. The van der Waals surface area contributed by atoms with Gasteiger partial charge in [-0.2, -0.15) is 0 Å². The molecule has 0 bridgehead atoms. The Balaban J connectivity index is 2.09. The largest absolute Gasteiger partial charge is 0.353 e. The molecule has 1 atom stereocenters. The highest BCUT2D eigenvalue weighted by molar-refractivity contribution is 8.00. The number of carbonyl (C=O) groups excluding carboxylic acids is 1. The highest BCUT2D eigenvalue weighted by atomic mass is 32.2. The minimum absolute atomic E-state index is 0.0191. The van der Waals surface area contributed by atoms with E-state index in [0.29, 0.717) is 0 Å². The maximum atomic E-state index is 11.9. The van der Waals surface area contributed by atoms with E-state index in [1.807, 2.05) is 49.9 Å². The predicted octanol–water partition coefficient (Wildman–Crippen LogP) is 2.55. The van der Waals surface area contributed by atoms with Gasteiger partial charge in [0.25, 0.3) is 0 Å². The molecule has 1 N–H and O–H groups in total. The zero-order valence-corrected chi connectivity index (χ0v) is 13.6. The number of thiophene rings is 1. The van der Waals surface area contributed by atoms with Crippen LogP contribution in [0.3, 0.4) is 0 Å². The van der Waals surface area contributed by atoms with Crippen LogP contribution in [0.4, 0.5) is 0 Å². The molecule has 0 aliphatic carbocycles. The third-order valence-electron chi connectivity index (χ3n) is 2.66. The van der Waals surface area contributed by atoms with E-state index in [-0.39, 0.29) is 17.2 Å². The predicted molar refractivity (Wildman–Crippen MR) is 82.9 cm³/mol. The third-order valence-corrected chi connectivity index (χ3v) is 4.66. The van der Waals surface area contributed by atoms with Crippen molar-refractivity contribution in [3.8, 4) is 10.7 Å². The lowest BCUT2D eigenvalue weighted by molar-refractivity contribution is -0.120. The lowest BCUT2D eigenvalue weighted by atomic mass is 10.3. The summed E-state index contributed by atoms with van der Waals surface area (Å²) in [4.78, 5) is 13.0. The first-order chi connectivity index (χ1) is 9.49. The normalized spacial score (nSPS) is 12.7. The van der Waals surface area contributed by atoms with Crippen molar-refractivity contribution in [3.63, 3.8) is 0 Å². The Labute approximate surface area is 126 Å². The third kappa shape index (κ3) is 3.40. The van der Waals surface area contributed by atoms with Crippen molar-refractivity contribution in [2.24, 2.45) is 7.05 Å². The van der Waals surface area contributed by atoms with E-state index in [0.717, 1.165) is 15.9 Å². The average Bonchev–Trinajstić information content (AvgIpc) is 2.99. The number of nitrogens with zero attached hydrogens (tertiary/aromatic N) is 3. The van der Waals surface area contributed by atoms with E-state index in [2.05, 4.69) is 15.5 Å². The first-order valence-electron chi connectivity index (χ1n) is 6.39. The van der Waals surface area contributed by atoms with E-state index in [9.17, 15) is 4.79 Å². The standard InChI is InChI=1S/C13H18N4OS2/c1-8(2)14-12(18)9(3)20-13-16-15-11(17(13)4)10-6-5-7-19-10/h5-9H,1-4H3,(H,14,18). The van der Waals surface area contributed by atoms with Gasteiger partial charge in [-0.05, 0) is 32.2 Å². The molecular weight excluding hydrogens is 292 g/mol. The second-order valence-corrected chi connectivity index (χ2v) is 7.02. The Morgan fingerprint density at radius 2 is 2.15 bits per heavy atom. The van der Waals surface area contributed by atoms with Gasteiger partial charge in [-0.3, -0.25) is 4.79 Å². The number of aromatic nitrogens is 3. The first kappa shape index (κ1) is 15.1. The van der Waals surface area contributed by atoms with Crippen LogP contribution in [0.2, 0.25) is 0 Å². The van der Waals surface area contributed by atoms with Gasteiger partial charge in [0.15, 0.2) is 11.0 Å². The van der Waals surface area contributed by atoms with Gasteiger partial charge in [0.05, 0.1) is 10.1 Å². The molecule has 1 amide bonds. The molecule has 0 spiro atoms. The van der Waals surface area contributed by atoms with Gasteiger partial charge in [-0.1, -0.05) is 17.8 Å². The van der Waals surface area contributed by atoms with Crippen molar-refractivity contribution in [2.75, 3.05) is 0 Å². The Hall–Kier alpha value is -1.34. The Morgan fingerprint density at radius 1 is 1.40 bits per heavy atom. The smallest absolute Gasteiger partial charge is 0.233 e. The monoisotopic (exact) mass is 310 g/mol. The van der Waals surface area contributed by atoms with Crippen LogP contribution in [-0.2, 0) is 11.8 Å². The molecule has 0 saturated carbocycles. The maximum Gasteiger partial charge on any atom is 0.233 e. The van der Waals surface area contributed by atoms with Crippen LogP contribution in [0, 0.1) is 0 Å². The summed E-state index contributed by atoms with van der Waals surface area (Å²) in [5, 5.41) is 13.8. The molecule has 0 fully saturated rings. The van der Waals surface area contributed by atoms with Gasteiger partial charge in [0, 0.05) is 13.1 Å². The van der Waals surface area contributed by atoms with Crippen LogP contribution in [0.15, 0.2) is 22.7 Å². The summed E-state index contributed by atoms with van der Waals surface area (Å²) in [5.74, 6) is 0.852. The summed E-state index contributed by atoms with van der Waals surface area (Å²) in [6.45, 7) is 5.78. The lowest BCUT2D eigenvalue weighted by Crippen LogP contribution is -2.36. The highest BCUT2D eigenvalue weighted by Gasteiger charge is 2.19. The summed E-state index contributed by atoms with van der Waals surface area (Å²) < 4.78 is 1.93. The van der Waals surface area contributed by atoms with E-state index in [4.69, 9.17) is 0 Å². The second-order valence-electron chi connectivity index (χ2n) is 4.77. The summed E-state index contributed by atoms with van der Waals surface area (Å²) >= 11 is 3.05. The van der Waals surface area contributed by atoms with Crippen molar-refractivity contribution in [1.82, 2.24) is 20.1 Å². The van der Waals surface area contributed by atoms with Crippen molar-refractivity contribution >= 4 is 29.0 Å². The molecule has 0 saturated heterocycles. The molecule has 2 aromatic rings. The molecular formula is C13H18N4OS2. The Kier molecular flexibility index (Phi) is 4.82. The molecule has 2 rings (SSSR count). The fourth-order valence-electron chi connectivity index (χ4n) is 1.65. The summed E-state index contributed by atoms with van der Waals surface area (Å²) in [5.41, 5.74) is 0. The topological polar surface area (TPSA) is 59.8 Å². The zero-order valence-electron chi connectivity index (χ0n) is 12.0. The van der Waals surface area contributed by atoms with Crippen LogP contribution in [0.25, 0.3) is 10.7 Å². The Bertz CT molecular complexity index is 577. The summed E-state index contributed by atoms with van der Waals surface area (Å²) in [6, 6.07) is 4.14. The van der Waals surface area contributed by atoms with Gasteiger partial charge in [-0.15, -0.1) is 21.5 Å². The van der Waals surface area contributed by atoms with Gasteiger partial charge in [0.1, 0.15) is 0 Å². The zero-order chi connectivity index (χ0) is 14.7. The highest BCUT2D eigenvalue weighted by Crippen LogP contribution is 2.27. The molecule has 0 aliphatic rings. The lowest BCUT2D eigenvalue weighted by Gasteiger charge is -2.13. The van der Waals surface area contributed by atoms with Gasteiger partial charge >= 0.3 is 0 Å². The Morgan fingerprint density at radius 3 is 2.75 bits per heavy atom. The van der Waals surface area contributed by atoms with Crippen molar-refractivity contribution < 1.29 is 4.79 Å². The number of thioether (sulfide) groups is 1. The molecule has 20 heavy (non-hydrogen) atoms. The van der Waals surface area contributed by atoms with E-state index in [1.165, 1.54) is 11.8 Å². The number of carbonyl (C=O) groups is 1. The minimum atomic E-state index is -0.198. The number of hydrogen-bond donors (Lipinski definition) is 1. The summed E-state index contributed by atoms with van der Waals surface area (Å²) in [7, 11) is 1.92. The van der Waals surface area contributed by atoms with Crippen LogP contribution in [0.5, 0.6) is 0 Å².